The van der Waals surface area contributed by atoms with Gasteiger partial charge in [-0.15, -0.1) is 0 Å². The van der Waals surface area contributed by atoms with Crippen LogP contribution in [0.3, 0.4) is 0 Å². The number of alkyl halides is 3. The number of ether oxygens (including phenoxy) is 6. The Morgan fingerprint density at radius 1 is 1.03 bits per heavy atom. The van der Waals surface area contributed by atoms with E-state index in [0.29, 0.717) is 26.1 Å². The molecule has 3 aliphatic heterocycles. The van der Waals surface area contributed by atoms with E-state index in [-0.39, 0.29) is 42.7 Å². The molecular weight excluding hydrogens is 505 g/mol. The van der Waals surface area contributed by atoms with Gasteiger partial charge in [0.2, 0.25) is 0 Å². The van der Waals surface area contributed by atoms with Crippen LogP contribution in [0.25, 0.3) is 0 Å². The Hall–Kier alpha value is -1.69. The Morgan fingerprint density at radius 2 is 1.79 bits per heavy atom. The Morgan fingerprint density at radius 3 is 2.50 bits per heavy atom. The van der Waals surface area contributed by atoms with Crippen molar-refractivity contribution in [1.29, 1.82) is 0 Å². The number of halogens is 3. The van der Waals surface area contributed by atoms with Crippen molar-refractivity contribution in [3.63, 3.8) is 0 Å². The van der Waals surface area contributed by atoms with Crippen molar-refractivity contribution in [3.8, 4) is 5.75 Å². The van der Waals surface area contributed by atoms with Crippen molar-refractivity contribution < 1.29 is 46.7 Å². The first-order chi connectivity index (χ1) is 18.3. The van der Waals surface area contributed by atoms with Crippen molar-refractivity contribution in [1.82, 2.24) is 0 Å². The molecule has 0 bridgehead atoms. The van der Waals surface area contributed by atoms with Crippen molar-refractivity contribution in [2.75, 3.05) is 19.8 Å². The lowest BCUT2D eigenvalue weighted by atomic mass is 9.91. The van der Waals surface area contributed by atoms with Gasteiger partial charge in [0.1, 0.15) is 18.5 Å². The summed E-state index contributed by atoms with van der Waals surface area (Å²) < 4.78 is 75.0. The molecule has 0 radical (unpaired) electrons. The minimum atomic E-state index is -4.45. The molecule has 212 valence electrons. The van der Waals surface area contributed by atoms with Gasteiger partial charge in [0.25, 0.3) is 0 Å². The van der Waals surface area contributed by atoms with E-state index in [9.17, 15) is 18.3 Å². The molecule has 0 aromatic heterocycles. The number of benzene rings is 1. The second kappa shape index (κ2) is 12.7. The van der Waals surface area contributed by atoms with Crippen LogP contribution in [-0.2, 0) is 29.9 Å². The lowest BCUT2D eigenvalue weighted by Gasteiger charge is -2.30. The largest absolute Gasteiger partial charge is 0.491 e. The summed E-state index contributed by atoms with van der Waals surface area (Å²) in [6.45, 7) is 1.31. The minimum Gasteiger partial charge on any atom is -0.491 e. The van der Waals surface area contributed by atoms with Crippen LogP contribution in [0.2, 0.25) is 0 Å². The molecular formula is C28H37F3O7. The average Bonchev–Trinajstić information content (AvgIpc) is 3.42. The van der Waals surface area contributed by atoms with Gasteiger partial charge in [0, 0.05) is 32.0 Å². The minimum absolute atomic E-state index is 0.0227. The molecule has 5 rings (SSSR count). The predicted molar refractivity (Wildman–Crippen MR) is 130 cm³/mol. The van der Waals surface area contributed by atoms with E-state index in [0.717, 1.165) is 50.7 Å². The first kappa shape index (κ1) is 27.9. The lowest BCUT2D eigenvalue weighted by Crippen LogP contribution is -2.32. The van der Waals surface area contributed by atoms with Gasteiger partial charge < -0.3 is 33.5 Å². The first-order valence-electron chi connectivity index (χ1n) is 13.7. The molecule has 1 aliphatic carbocycles. The summed E-state index contributed by atoms with van der Waals surface area (Å²) in [5, 5.41) is 10.1. The highest BCUT2D eigenvalue weighted by atomic mass is 19.4. The van der Waals surface area contributed by atoms with Crippen molar-refractivity contribution in [2.45, 2.75) is 94.7 Å². The molecule has 4 aliphatic rings. The summed E-state index contributed by atoms with van der Waals surface area (Å²) >= 11 is 0. The maximum atomic E-state index is 13.2. The Labute approximate surface area is 221 Å². The smallest absolute Gasteiger partial charge is 0.416 e. The highest BCUT2D eigenvalue weighted by Gasteiger charge is 2.49. The monoisotopic (exact) mass is 542 g/mol. The normalized spacial score (nSPS) is 34.9. The van der Waals surface area contributed by atoms with E-state index in [1.54, 1.807) is 0 Å². The fraction of sp³-hybridized carbons (Fsp3) is 0.714. The maximum Gasteiger partial charge on any atom is 0.416 e. The number of aliphatic hydroxyl groups is 1. The van der Waals surface area contributed by atoms with E-state index in [1.165, 1.54) is 12.1 Å². The molecule has 1 saturated carbocycles. The summed E-state index contributed by atoms with van der Waals surface area (Å²) in [6.07, 6.45) is 4.05. The Balaban J connectivity index is 1.29. The summed E-state index contributed by atoms with van der Waals surface area (Å²) in [5.41, 5.74) is -0.764. The van der Waals surface area contributed by atoms with E-state index in [1.807, 2.05) is 12.2 Å². The lowest BCUT2D eigenvalue weighted by molar-refractivity contribution is -0.196. The fourth-order valence-electron chi connectivity index (χ4n) is 5.81. The standard InChI is InChI=1S/C28H37F3O7/c29-28(30,31)18-6-5-7-19(14-18)35-17-20(36-26-8-1-3-12-33-26)10-11-21-22-15-25(32)37-24(22)16-23(21)38-27-9-2-4-13-34-27/h5-7,10-11,14,20-27,32H,1-4,8-9,12-13,15-17H2/b11-10+/t20-,21+,22+,23+,24-,25?,26?,27?/m0/s1. The molecule has 38 heavy (non-hydrogen) atoms. The molecule has 3 saturated heterocycles. The zero-order chi connectivity index (χ0) is 26.5. The van der Waals surface area contributed by atoms with Gasteiger partial charge in [-0.05, 0) is 62.6 Å². The number of aliphatic hydroxyl groups excluding tert-OH is 1. The van der Waals surface area contributed by atoms with Crippen LogP contribution in [0.5, 0.6) is 5.75 Å². The topological polar surface area (TPSA) is 75.6 Å². The van der Waals surface area contributed by atoms with E-state index >= 15 is 0 Å². The predicted octanol–water partition coefficient (Wildman–Crippen LogP) is 5.21. The summed E-state index contributed by atoms with van der Waals surface area (Å²) in [7, 11) is 0. The zero-order valence-electron chi connectivity index (χ0n) is 21.4. The van der Waals surface area contributed by atoms with E-state index < -0.39 is 30.4 Å². The molecule has 3 unspecified atom stereocenters. The molecule has 8 atom stereocenters. The summed E-state index contributed by atoms with van der Waals surface area (Å²) in [6, 6.07) is 4.83. The summed E-state index contributed by atoms with van der Waals surface area (Å²) in [4.78, 5) is 0. The van der Waals surface area contributed by atoms with Crippen LogP contribution in [0.15, 0.2) is 36.4 Å². The van der Waals surface area contributed by atoms with E-state index in [2.05, 4.69) is 0 Å². The van der Waals surface area contributed by atoms with Gasteiger partial charge >= 0.3 is 6.18 Å². The highest BCUT2D eigenvalue weighted by Crippen LogP contribution is 2.45. The molecule has 1 aromatic rings. The van der Waals surface area contributed by atoms with Crippen LogP contribution >= 0.6 is 0 Å². The molecule has 0 amide bonds. The van der Waals surface area contributed by atoms with Crippen LogP contribution in [0, 0.1) is 11.8 Å². The number of rotatable bonds is 9. The SMILES string of the molecule is OC1C[C@@H]2[C@@H](/C=C/[C@@H](COc3cccc(C(F)(F)F)c3)OC3CCCCO3)[C@H](OC3CCCCO3)C[C@@H]2O1. The molecule has 10 heteroatoms. The molecule has 1 aromatic carbocycles. The summed E-state index contributed by atoms with van der Waals surface area (Å²) in [5.74, 6) is 0.177. The number of fused-ring (bicyclic) bond motifs is 1. The zero-order valence-corrected chi connectivity index (χ0v) is 21.4. The second-order valence-electron chi connectivity index (χ2n) is 10.5. The quantitative estimate of drug-likeness (QED) is 0.430. The fourth-order valence-corrected chi connectivity index (χ4v) is 5.81. The van der Waals surface area contributed by atoms with E-state index in [4.69, 9.17) is 28.4 Å². The average molecular weight is 543 g/mol. The van der Waals surface area contributed by atoms with Gasteiger partial charge in [-0.3, -0.25) is 0 Å². The Bertz CT molecular complexity index is 914. The van der Waals surface area contributed by atoms with Crippen LogP contribution < -0.4 is 4.74 Å². The van der Waals surface area contributed by atoms with Crippen LogP contribution in [0.4, 0.5) is 13.2 Å². The van der Waals surface area contributed by atoms with Crippen LogP contribution in [0.1, 0.15) is 56.9 Å². The number of hydrogen-bond acceptors (Lipinski definition) is 7. The van der Waals surface area contributed by atoms with Crippen molar-refractivity contribution >= 4 is 0 Å². The van der Waals surface area contributed by atoms with Crippen molar-refractivity contribution in [2.24, 2.45) is 11.8 Å². The van der Waals surface area contributed by atoms with Crippen LogP contribution in [-0.4, -0.2) is 62.1 Å². The van der Waals surface area contributed by atoms with Gasteiger partial charge in [-0.2, -0.15) is 13.2 Å². The Kier molecular flexibility index (Phi) is 9.28. The first-order valence-corrected chi connectivity index (χ1v) is 13.7. The third-order valence-corrected chi connectivity index (χ3v) is 7.72. The highest BCUT2D eigenvalue weighted by molar-refractivity contribution is 5.30. The van der Waals surface area contributed by atoms with Gasteiger partial charge in [-0.1, -0.05) is 18.2 Å². The van der Waals surface area contributed by atoms with Gasteiger partial charge in [0.05, 0.1) is 17.8 Å². The third kappa shape index (κ3) is 7.28. The second-order valence-corrected chi connectivity index (χ2v) is 10.5. The molecule has 0 spiro atoms. The van der Waals surface area contributed by atoms with Gasteiger partial charge in [-0.25, -0.2) is 0 Å². The third-order valence-electron chi connectivity index (χ3n) is 7.72. The molecule has 1 N–H and O–H groups in total. The number of hydrogen-bond donors (Lipinski definition) is 1. The molecule has 7 nitrogen and oxygen atoms in total. The van der Waals surface area contributed by atoms with Gasteiger partial charge in [0.15, 0.2) is 18.9 Å². The molecule has 3 heterocycles. The maximum absolute atomic E-state index is 13.2. The van der Waals surface area contributed by atoms with Crippen molar-refractivity contribution in [3.05, 3.63) is 42.0 Å². The molecule has 4 fully saturated rings.